The van der Waals surface area contributed by atoms with E-state index in [2.05, 4.69) is 32.4 Å². The predicted molar refractivity (Wildman–Crippen MR) is 90.8 cm³/mol. The van der Waals surface area contributed by atoms with E-state index < -0.39 is 0 Å². The van der Waals surface area contributed by atoms with Crippen LogP contribution in [0.5, 0.6) is 0 Å². The van der Waals surface area contributed by atoms with Gasteiger partial charge in [0.05, 0.1) is 0 Å². The number of carbonyl (C=O) groups excluding carboxylic acids is 2. The number of nitrogens with zero attached hydrogens (tertiary/aromatic N) is 2. The van der Waals surface area contributed by atoms with Gasteiger partial charge in [-0.15, -0.1) is 5.10 Å². The molecule has 0 atom stereocenters. The Kier molecular flexibility index (Phi) is 4.69. The van der Waals surface area contributed by atoms with Gasteiger partial charge in [-0.05, 0) is 37.1 Å². The fourth-order valence-electron chi connectivity index (χ4n) is 2.82. The van der Waals surface area contributed by atoms with E-state index in [0.29, 0.717) is 17.2 Å². The monoisotopic (exact) mass is 325 g/mol. The molecular formula is C17H19N5O2. The Bertz CT molecular complexity index is 762. The first kappa shape index (κ1) is 15.9. The number of benzene rings is 1. The number of hydrogen-bond donors (Lipinski definition) is 3. The molecule has 2 amide bonds. The predicted octanol–water partition coefficient (Wildman–Crippen LogP) is 2.84. The highest BCUT2D eigenvalue weighted by Gasteiger charge is 2.21. The Balaban J connectivity index is 1.67. The second kappa shape index (κ2) is 7.08. The first-order valence-corrected chi connectivity index (χ1v) is 7.93. The minimum Gasteiger partial charge on any atom is -0.323 e. The SMILES string of the molecule is C=CC(=O)Nc1cccc(C(=O)Nc2n[nH]c(C3CCCC3)n2)c1. The lowest BCUT2D eigenvalue weighted by Crippen LogP contribution is -2.14. The lowest BCUT2D eigenvalue weighted by Gasteiger charge is -2.05. The van der Waals surface area contributed by atoms with Crippen LogP contribution in [0.15, 0.2) is 36.9 Å². The van der Waals surface area contributed by atoms with Gasteiger partial charge in [-0.2, -0.15) is 4.98 Å². The van der Waals surface area contributed by atoms with Crippen molar-refractivity contribution in [2.45, 2.75) is 31.6 Å². The van der Waals surface area contributed by atoms with Crippen LogP contribution in [-0.4, -0.2) is 27.0 Å². The van der Waals surface area contributed by atoms with E-state index in [-0.39, 0.29) is 17.8 Å². The summed E-state index contributed by atoms with van der Waals surface area (Å²) >= 11 is 0. The second-order valence-electron chi connectivity index (χ2n) is 5.75. The molecule has 0 saturated heterocycles. The third-order valence-electron chi connectivity index (χ3n) is 4.05. The molecule has 1 aromatic carbocycles. The Morgan fingerprint density at radius 3 is 2.79 bits per heavy atom. The van der Waals surface area contributed by atoms with Crippen LogP contribution >= 0.6 is 0 Å². The summed E-state index contributed by atoms with van der Waals surface area (Å²) in [7, 11) is 0. The third kappa shape index (κ3) is 3.68. The van der Waals surface area contributed by atoms with Crippen LogP contribution in [0.3, 0.4) is 0 Å². The minimum absolute atomic E-state index is 0.266. The van der Waals surface area contributed by atoms with Crippen molar-refractivity contribution < 1.29 is 9.59 Å². The van der Waals surface area contributed by atoms with Crippen LogP contribution in [0.2, 0.25) is 0 Å². The Hall–Kier alpha value is -2.96. The third-order valence-corrected chi connectivity index (χ3v) is 4.05. The number of H-pyrrole nitrogens is 1. The van der Waals surface area contributed by atoms with E-state index in [4.69, 9.17) is 0 Å². The molecule has 2 aromatic rings. The molecule has 1 heterocycles. The minimum atomic E-state index is -0.332. The summed E-state index contributed by atoms with van der Waals surface area (Å²) in [4.78, 5) is 28.0. The highest BCUT2D eigenvalue weighted by atomic mass is 16.2. The summed E-state index contributed by atoms with van der Waals surface area (Å²) in [6.07, 6.45) is 5.79. The first-order chi connectivity index (χ1) is 11.7. The normalized spacial score (nSPS) is 14.3. The Morgan fingerprint density at radius 1 is 1.25 bits per heavy atom. The summed E-state index contributed by atoms with van der Waals surface area (Å²) in [6, 6.07) is 6.63. The van der Waals surface area contributed by atoms with Crippen molar-refractivity contribution in [3.63, 3.8) is 0 Å². The van der Waals surface area contributed by atoms with E-state index in [1.54, 1.807) is 24.3 Å². The molecule has 124 valence electrons. The molecule has 1 fully saturated rings. The van der Waals surface area contributed by atoms with Gasteiger partial charge in [0.25, 0.3) is 5.91 Å². The Labute approximate surface area is 139 Å². The van der Waals surface area contributed by atoms with Gasteiger partial charge in [-0.25, -0.2) is 0 Å². The quantitative estimate of drug-likeness (QED) is 0.736. The molecule has 0 bridgehead atoms. The molecular weight excluding hydrogens is 306 g/mol. The topological polar surface area (TPSA) is 99.8 Å². The highest BCUT2D eigenvalue weighted by Crippen LogP contribution is 2.32. The summed E-state index contributed by atoms with van der Waals surface area (Å²) in [5, 5.41) is 12.3. The molecule has 1 aliphatic rings. The molecule has 3 rings (SSSR count). The van der Waals surface area contributed by atoms with Gasteiger partial charge in [0, 0.05) is 17.2 Å². The number of carbonyl (C=O) groups is 2. The van der Waals surface area contributed by atoms with Gasteiger partial charge in [-0.3, -0.25) is 20.0 Å². The Morgan fingerprint density at radius 2 is 2.04 bits per heavy atom. The zero-order chi connectivity index (χ0) is 16.9. The lowest BCUT2D eigenvalue weighted by molar-refractivity contribution is -0.111. The smallest absolute Gasteiger partial charge is 0.258 e. The van der Waals surface area contributed by atoms with Gasteiger partial charge < -0.3 is 5.32 Å². The van der Waals surface area contributed by atoms with Crippen LogP contribution < -0.4 is 10.6 Å². The number of anilines is 2. The average molecular weight is 325 g/mol. The summed E-state index contributed by atoms with van der Waals surface area (Å²) in [5.41, 5.74) is 0.929. The fraction of sp³-hybridized carbons (Fsp3) is 0.294. The molecule has 3 N–H and O–H groups in total. The highest BCUT2D eigenvalue weighted by molar-refractivity contribution is 6.05. The maximum Gasteiger partial charge on any atom is 0.258 e. The standard InChI is InChI=1S/C17H19N5O2/c1-2-14(23)18-13-9-5-8-12(10-13)16(24)20-17-19-15(21-22-17)11-6-3-4-7-11/h2,5,8-11H,1,3-4,6-7H2,(H,18,23)(H2,19,20,21,22,24). The van der Waals surface area contributed by atoms with Crippen molar-refractivity contribution in [2.75, 3.05) is 10.6 Å². The van der Waals surface area contributed by atoms with Gasteiger partial charge in [0.1, 0.15) is 5.82 Å². The zero-order valence-electron chi connectivity index (χ0n) is 13.2. The fourth-order valence-corrected chi connectivity index (χ4v) is 2.82. The molecule has 0 aliphatic heterocycles. The number of nitrogens with one attached hydrogen (secondary N) is 3. The lowest BCUT2D eigenvalue weighted by atomic mass is 10.1. The van der Waals surface area contributed by atoms with E-state index in [1.807, 2.05) is 0 Å². The van der Waals surface area contributed by atoms with Crippen molar-refractivity contribution in [1.29, 1.82) is 0 Å². The maximum atomic E-state index is 12.3. The van der Waals surface area contributed by atoms with Crippen LogP contribution in [0, 0.1) is 0 Å². The zero-order valence-corrected chi connectivity index (χ0v) is 13.2. The van der Waals surface area contributed by atoms with Crippen molar-refractivity contribution in [2.24, 2.45) is 0 Å². The molecule has 1 saturated carbocycles. The second-order valence-corrected chi connectivity index (χ2v) is 5.75. The number of aromatic amines is 1. The molecule has 1 aliphatic carbocycles. The number of rotatable bonds is 5. The van der Waals surface area contributed by atoms with Gasteiger partial charge in [0.2, 0.25) is 11.9 Å². The van der Waals surface area contributed by atoms with Gasteiger partial charge >= 0.3 is 0 Å². The summed E-state index contributed by atoms with van der Waals surface area (Å²) in [6.45, 7) is 3.39. The number of amides is 2. The van der Waals surface area contributed by atoms with E-state index >= 15 is 0 Å². The van der Waals surface area contributed by atoms with Crippen LogP contribution in [0.4, 0.5) is 11.6 Å². The summed E-state index contributed by atoms with van der Waals surface area (Å²) < 4.78 is 0. The maximum absolute atomic E-state index is 12.3. The molecule has 0 spiro atoms. The number of aromatic nitrogens is 3. The summed E-state index contributed by atoms with van der Waals surface area (Å²) in [5.74, 6) is 0.835. The van der Waals surface area contributed by atoms with Crippen LogP contribution in [0.1, 0.15) is 47.8 Å². The molecule has 7 heteroatoms. The molecule has 24 heavy (non-hydrogen) atoms. The average Bonchev–Trinajstić information content (AvgIpc) is 3.26. The largest absolute Gasteiger partial charge is 0.323 e. The first-order valence-electron chi connectivity index (χ1n) is 7.93. The van der Waals surface area contributed by atoms with Crippen molar-refractivity contribution in [3.8, 4) is 0 Å². The van der Waals surface area contributed by atoms with Crippen molar-refractivity contribution in [3.05, 3.63) is 48.3 Å². The number of hydrogen-bond acceptors (Lipinski definition) is 4. The van der Waals surface area contributed by atoms with E-state index in [9.17, 15) is 9.59 Å². The van der Waals surface area contributed by atoms with Crippen molar-refractivity contribution >= 4 is 23.5 Å². The van der Waals surface area contributed by atoms with Gasteiger partial charge in [0.15, 0.2) is 0 Å². The molecule has 0 unspecified atom stereocenters. The van der Waals surface area contributed by atoms with Gasteiger partial charge in [-0.1, -0.05) is 25.5 Å². The van der Waals surface area contributed by atoms with E-state index in [1.165, 1.54) is 18.9 Å². The molecule has 0 radical (unpaired) electrons. The van der Waals surface area contributed by atoms with Crippen LogP contribution in [0.25, 0.3) is 0 Å². The molecule has 7 nitrogen and oxygen atoms in total. The van der Waals surface area contributed by atoms with E-state index in [0.717, 1.165) is 18.7 Å². The van der Waals surface area contributed by atoms with Crippen LogP contribution in [-0.2, 0) is 4.79 Å². The van der Waals surface area contributed by atoms with Crippen molar-refractivity contribution in [1.82, 2.24) is 15.2 Å². The molecule has 1 aromatic heterocycles.